The summed E-state index contributed by atoms with van der Waals surface area (Å²) in [6, 6.07) is 8.99. The van der Waals surface area contributed by atoms with Crippen molar-refractivity contribution >= 4 is 11.7 Å². The van der Waals surface area contributed by atoms with Gasteiger partial charge in [-0.15, -0.1) is 0 Å². The summed E-state index contributed by atoms with van der Waals surface area (Å²) < 4.78 is 0. The van der Waals surface area contributed by atoms with Gasteiger partial charge in [-0.25, -0.2) is 0 Å². The third-order valence-electron chi connectivity index (χ3n) is 3.47. The first-order valence-corrected chi connectivity index (χ1v) is 6.17. The second-order valence-electron chi connectivity index (χ2n) is 4.69. The molecule has 1 aliphatic rings. The van der Waals surface area contributed by atoms with Crippen molar-refractivity contribution in [1.29, 1.82) is 0 Å². The molecule has 0 spiro atoms. The van der Waals surface area contributed by atoms with E-state index < -0.39 is 0 Å². The van der Waals surface area contributed by atoms with Crippen LogP contribution in [0.25, 0.3) is 0 Å². The first-order valence-electron chi connectivity index (χ1n) is 6.17. The van der Waals surface area contributed by atoms with E-state index in [1.54, 1.807) is 11.9 Å². The maximum absolute atomic E-state index is 12.3. The van der Waals surface area contributed by atoms with E-state index in [1.165, 1.54) is 0 Å². The van der Waals surface area contributed by atoms with E-state index in [4.69, 9.17) is 0 Å². The van der Waals surface area contributed by atoms with Gasteiger partial charge in [-0.1, -0.05) is 30.3 Å². The van der Waals surface area contributed by atoms with Gasteiger partial charge in [-0.2, -0.15) is 0 Å². The number of piperazine rings is 1. The zero-order valence-electron chi connectivity index (χ0n) is 10.8. The number of likely N-dealkylation sites (N-methyl/N-ethyl adjacent to an activating group) is 1. The molecule has 1 fully saturated rings. The van der Waals surface area contributed by atoms with E-state index >= 15 is 0 Å². The third-order valence-corrected chi connectivity index (χ3v) is 3.47. The van der Waals surface area contributed by atoms with Crippen LogP contribution in [0.1, 0.15) is 17.3 Å². The molecule has 1 atom stereocenters. The number of carbonyl (C=O) groups excluding carboxylic acids is 2. The minimum atomic E-state index is -0.245. The van der Waals surface area contributed by atoms with Gasteiger partial charge < -0.3 is 4.90 Å². The Morgan fingerprint density at radius 3 is 2.50 bits per heavy atom. The van der Waals surface area contributed by atoms with Crippen molar-refractivity contribution < 1.29 is 9.59 Å². The first-order chi connectivity index (χ1) is 8.59. The summed E-state index contributed by atoms with van der Waals surface area (Å²) in [6.07, 6.45) is 0. The molecule has 4 heteroatoms. The van der Waals surface area contributed by atoms with Crippen LogP contribution in [0.4, 0.5) is 0 Å². The molecule has 1 amide bonds. The summed E-state index contributed by atoms with van der Waals surface area (Å²) >= 11 is 0. The molecule has 4 nitrogen and oxygen atoms in total. The molecular formula is C14H18N2O2. The molecule has 1 unspecified atom stereocenters. The van der Waals surface area contributed by atoms with Crippen molar-refractivity contribution in [3.8, 4) is 0 Å². The number of ketones is 1. The predicted octanol–water partition coefficient (Wildman–Crippen LogP) is 1.03. The van der Waals surface area contributed by atoms with Crippen molar-refractivity contribution in [1.82, 2.24) is 9.80 Å². The molecule has 18 heavy (non-hydrogen) atoms. The number of hydrogen-bond acceptors (Lipinski definition) is 3. The maximum Gasteiger partial charge on any atom is 0.236 e. The largest absolute Gasteiger partial charge is 0.343 e. The van der Waals surface area contributed by atoms with Gasteiger partial charge in [0.05, 0.1) is 12.6 Å². The van der Waals surface area contributed by atoms with E-state index in [0.29, 0.717) is 18.7 Å². The molecule has 1 aromatic carbocycles. The van der Waals surface area contributed by atoms with Gasteiger partial charge in [-0.05, 0) is 6.92 Å². The summed E-state index contributed by atoms with van der Waals surface area (Å²) in [6.45, 7) is 3.64. The van der Waals surface area contributed by atoms with E-state index in [1.807, 2.05) is 42.2 Å². The number of carbonyl (C=O) groups is 2. The lowest BCUT2D eigenvalue weighted by Gasteiger charge is -2.35. The quantitative estimate of drug-likeness (QED) is 0.748. The Bertz CT molecular complexity index is 444. The fourth-order valence-electron chi connectivity index (χ4n) is 2.12. The lowest BCUT2D eigenvalue weighted by atomic mass is 10.0. The molecule has 96 valence electrons. The zero-order valence-corrected chi connectivity index (χ0v) is 10.8. The molecular weight excluding hydrogens is 228 g/mol. The normalized spacial score (nSPS) is 18.8. The van der Waals surface area contributed by atoms with Crippen molar-refractivity contribution in [2.75, 3.05) is 26.7 Å². The van der Waals surface area contributed by atoms with Crippen LogP contribution in [0.2, 0.25) is 0 Å². The van der Waals surface area contributed by atoms with E-state index in [0.717, 1.165) is 6.54 Å². The Hall–Kier alpha value is -1.68. The topological polar surface area (TPSA) is 40.6 Å². The van der Waals surface area contributed by atoms with Crippen LogP contribution in [-0.2, 0) is 4.79 Å². The van der Waals surface area contributed by atoms with Crippen LogP contribution in [0.15, 0.2) is 30.3 Å². The molecule has 1 aromatic rings. The third kappa shape index (κ3) is 2.59. The Labute approximate surface area is 107 Å². The number of amides is 1. The van der Waals surface area contributed by atoms with E-state index in [2.05, 4.69) is 0 Å². The monoisotopic (exact) mass is 246 g/mol. The van der Waals surface area contributed by atoms with Gasteiger partial charge in [0, 0.05) is 25.7 Å². The number of hydrogen-bond donors (Lipinski definition) is 0. The highest BCUT2D eigenvalue weighted by molar-refractivity contribution is 6.00. The molecule has 0 bridgehead atoms. The van der Waals surface area contributed by atoms with Gasteiger partial charge in [0.15, 0.2) is 5.78 Å². The summed E-state index contributed by atoms with van der Waals surface area (Å²) in [4.78, 5) is 27.6. The second kappa shape index (κ2) is 5.31. The van der Waals surface area contributed by atoms with Gasteiger partial charge in [0.25, 0.3) is 0 Å². The van der Waals surface area contributed by atoms with Crippen LogP contribution < -0.4 is 0 Å². The average Bonchev–Trinajstić information content (AvgIpc) is 2.41. The van der Waals surface area contributed by atoms with Gasteiger partial charge >= 0.3 is 0 Å². The summed E-state index contributed by atoms with van der Waals surface area (Å²) in [5, 5.41) is 0. The minimum absolute atomic E-state index is 0.0768. The fraction of sp³-hybridized carbons (Fsp3) is 0.429. The number of nitrogens with zero attached hydrogens (tertiary/aromatic N) is 2. The Morgan fingerprint density at radius 1 is 1.22 bits per heavy atom. The number of benzene rings is 1. The van der Waals surface area contributed by atoms with Crippen LogP contribution in [0, 0.1) is 0 Å². The molecule has 1 aliphatic heterocycles. The minimum Gasteiger partial charge on any atom is -0.343 e. The second-order valence-corrected chi connectivity index (χ2v) is 4.69. The summed E-state index contributed by atoms with van der Waals surface area (Å²) in [5.74, 6) is 0.155. The molecule has 1 heterocycles. The van der Waals surface area contributed by atoms with Crippen LogP contribution in [-0.4, -0.2) is 54.2 Å². The summed E-state index contributed by atoms with van der Waals surface area (Å²) in [7, 11) is 1.79. The first kappa shape index (κ1) is 12.8. The van der Waals surface area contributed by atoms with Crippen LogP contribution >= 0.6 is 0 Å². The average molecular weight is 246 g/mol. The fourth-order valence-corrected chi connectivity index (χ4v) is 2.12. The summed E-state index contributed by atoms with van der Waals surface area (Å²) in [5.41, 5.74) is 0.705. The van der Waals surface area contributed by atoms with Gasteiger partial charge in [-0.3, -0.25) is 14.5 Å². The standard InChI is InChI=1S/C14H18N2O2/c1-11(14(18)12-6-4-3-5-7-12)16-9-8-15(2)13(17)10-16/h3-7,11H,8-10H2,1-2H3. The highest BCUT2D eigenvalue weighted by Crippen LogP contribution is 2.11. The molecule has 2 rings (SSSR count). The smallest absolute Gasteiger partial charge is 0.236 e. The van der Waals surface area contributed by atoms with Crippen molar-refractivity contribution in [2.24, 2.45) is 0 Å². The number of Topliss-reactive ketones (excluding diaryl/α,β-unsaturated/α-hetero) is 1. The predicted molar refractivity (Wildman–Crippen MR) is 69.4 cm³/mol. The van der Waals surface area contributed by atoms with Crippen molar-refractivity contribution in [3.63, 3.8) is 0 Å². The van der Waals surface area contributed by atoms with Gasteiger partial charge in [0.2, 0.25) is 5.91 Å². The Morgan fingerprint density at radius 2 is 1.89 bits per heavy atom. The SMILES string of the molecule is CC(C(=O)c1ccccc1)N1CCN(C)C(=O)C1. The Balaban J connectivity index is 2.06. The number of rotatable bonds is 3. The zero-order chi connectivity index (χ0) is 13.1. The van der Waals surface area contributed by atoms with E-state index in [-0.39, 0.29) is 17.7 Å². The molecule has 0 radical (unpaired) electrons. The van der Waals surface area contributed by atoms with Crippen molar-refractivity contribution in [3.05, 3.63) is 35.9 Å². The highest BCUT2D eigenvalue weighted by atomic mass is 16.2. The van der Waals surface area contributed by atoms with Crippen LogP contribution in [0.5, 0.6) is 0 Å². The van der Waals surface area contributed by atoms with Gasteiger partial charge in [0.1, 0.15) is 0 Å². The van der Waals surface area contributed by atoms with E-state index in [9.17, 15) is 9.59 Å². The maximum atomic E-state index is 12.3. The molecule has 0 N–H and O–H groups in total. The molecule has 1 saturated heterocycles. The lowest BCUT2D eigenvalue weighted by Crippen LogP contribution is -2.53. The molecule has 0 aromatic heterocycles. The van der Waals surface area contributed by atoms with Crippen molar-refractivity contribution in [2.45, 2.75) is 13.0 Å². The highest BCUT2D eigenvalue weighted by Gasteiger charge is 2.28. The lowest BCUT2D eigenvalue weighted by molar-refractivity contribution is -0.134. The Kier molecular flexibility index (Phi) is 3.77. The molecule has 0 aliphatic carbocycles. The molecule has 0 saturated carbocycles. The van der Waals surface area contributed by atoms with Crippen LogP contribution in [0.3, 0.4) is 0 Å².